The van der Waals surface area contributed by atoms with E-state index in [2.05, 4.69) is 14.4 Å². The van der Waals surface area contributed by atoms with E-state index >= 15 is 0 Å². The molecular weight excluding hydrogens is 431 g/mol. The number of halogens is 3. The van der Waals surface area contributed by atoms with Gasteiger partial charge < -0.3 is 9.14 Å². The Morgan fingerprint density at radius 1 is 1.00 bits per heavy atom. The van der Waals surface area contributed by atoms with E-state index in [1.165, 1.54) is 0 Å². The van der Waals surface area contributed by atoms with Gasteiger partial charge in [0.05, 0.1) is 10.6 Å². The van der Waals surface area contributed by atoms with Gasteiger partial charge in [0, 0.05) is 23.6 Å². The van der Waals surface area contributed by atoms with Crippen LogP contribution >= 0.6 is 0 Å². The lowest BCUT2D eigenvalue weighted by Gasteiger charge is -2.11. The predicted octanol–water partition coefficient (Wildman–Crippen LogP) is 5.01. The molecule has 0 saturated carbocycles. The maximum atomic E-state index is 12.5. The summed E-state index contributed by atoms with van der Waals surface area (Å²) in [6.45, 7) is 1.98. The van der Waals surface area contributed by atoms with E-state index in [-0.39, 0.29) is 4.90 Å². The van der Waals surface area contributed by atoms with E-state index in [1.807, 2.05) is 35.9 Å². The van der Waals surface area contributed by atoms with Gasteiger partial charge in [-0.05, 0) is 61.0 Å². The van der Waals surface area contributed by atoms with E-state index in [0.717, 1.165) is 46.7 Å². The van der Waals surface area contributed by atoms with Crippen molar-refractivity contribution in [2.45, 2.75) is 18.2 Å². The predicted molar refractivity (Wildman–Crippen MR) is 109 cm³/mol. The van der Waals surface area contributed by atoms with Crippen LogP contribution in [0.25, 0.3) is 16.9 Å². The summed E-state index contributed by atoms with van der Waals surface area (Å²) in [6.07, 6.45) is -1.06. The molecule has 0 amide bonds. The first kappa shape index (κ1) is 20.7. The Kier molecular flexibility index (Phi) is 5.10. The van der Waals surface area contributed by atoms with Gasteiger partial charge in [-0.2, -0.15) is 0 Å². The summed E-state index contributed by atoms with van der Waals surface area (Å²) in [5.74, 6) is -0.501. The van der Waals surface area contributed by atoms with E-state index < -0.39 is 22.1 Å². The third kappa shape index (κ3) is 4.80. The van der Waals surface area contributed by atoms with Gasteiger partial charge in [0.15, 0.2) is 0 Å². The lowest BCUT2D eigenvalue weighted by atomic mass is 10.1. The molecule has 160 valence electrons. The number of benzene rings is 2. The Morgan fingerprint density at radius 2 is 1.68 bits per heavy atom. The van der Waals surface area contributed by atoms with Crippen LogP contribution in [0.4, 0.5) is 18.9 Å². The minimum absolute atomic E-state index is 0.193. The largest absolute Gasteiger partial charge is 0.573 e. The van der Waals surface area contributed by atoms with Gasteiger partial charge in [-0.25, -0.2) is 13.4 Å². The smallest absolute Gasteiger partial charge is 0.406 e. The molecule has 0 radical (unpaired) electrons. The molecule has 0 unspecified atom stereocenters. The Morgan fingerprint density at radius 3 is 2.32 bits per heavy atom. The SMILES string of the molecule is Cc1ccn2cc(-c3ccc(NS(=O)(=O)c4ccc(OC(F)(F)F)cc4)cc3)nc2c1. The fourth-order valence-electron chi connectivity index (χ4n) is 2.97. The molecule has 0 spiro atoms. The summed E-state index contributed by atoms with van der Waals surface area (Å²) in [6, 6.07) is 14.5. The Hall–Kier alpha value is -3.53. The summed E-state index contributed by atoms with van der Waals surface area (Å²) in [4.78, 5) is 4.37. The molecule has 1 N–H and O–H groups in total. The third-order valence-corrected chi connectivity index (χ3v) is 5.81. The summed E-state index contributed by atoms with van der Waals surface area (Å²) in [7, 11) is -3.98. The van der Waals surface area contributed by atoms with Crippen LogP contribution in [0.5, 0.6) is 5.75 Å². The van der Waals surface area contributed by atoms with E-state index in [9.17, 15) is 21.6 Å². The summed E-state index contributed by atoms with van der Waals surface area (Å²) in [5, 5.41) is 0. The fraction of sp³-hybridized carbons (Fsp3) is 0.0952. The number of hydrogen-bond donors (Lipinski definition) is 1. The molecule has 0 fully saturated rings. The summed E-state index contributed by atoms with van der Waals surface area (Å²) < 4.78 is 69.8. The number of hydrogen-bond acceptors (Lipinski definition) is 4. The van der Waals surface area contributed by atoms with Gasteiger partial charge in [-0.1, -0.05) is 12.1 Å². The molecular formula is C21H16F3N3O3S. The molecule has 6 nitrogen and oxygen atoms in total. The number of rotatable bonds is 5. The summed E-state index contributed by atoms with van der Waals surface area (Å²) in [5.41, 5.74) is 3.74. The van der Waals surface area contributed by atoms with Crippen molar-refractivity contribution in [1.82, 2.24) is 9.38 Å². The highest BCUT2D eigenvalue weighted by molar-refractivity contribution is 7.92. The number of aryl methyl sites for hydroxylation is 1. The number of sulfonamides is 1. The van der Waals surface area contributed by atoms with Gasteiger partial charge in [0.1, 0.15) is 11.4 Å². The molecule has 2 aromatic carbocycles. The quantitative estimate of drug-likeness (QED) is 0.467. The molecule has 0 aliphatic heterocycles. The molecule has 2 heterocycles. The number of fused-ring (bicyclic) bond motifs is 1. The second-order valence-corrected chi connectivity index (χ2v) is 8.48. The zero-order valence-electron chi connectivity index (χ0n) is 16.1. The van der Waals surface area contributed by atoms with Crippen molar-refractivity contribution in [3.63, 3.8) is 0 Å². The van der Waals surface area contributed by atoms with E-state index in [4.69, 9.17) is 0 Å². The first-order valence-electron chi connectivity index (χ1n) is 9.03. The molecule has 2 aromatic heterocycles. The van der Waals surface area contributed by atoms with Crippen LogP contribution in [0, 0.1) is 6.92 Å². The van der Waals surface area contributed by atoms with Gasteiger partial charge >= 0.3 is 6.36 Å². The number of imidazole rings is 1. The van der Waals surface area contributed by atoms with Crippen LogP contribution in [-0.2, 0) is 10.0 Å². The summed E-state index contributed by atoms with van der Waals surface area (Å²) >= 11 is 0. The number of aromatic nitrogens is 2. The maximum Gasteiger partial charge on any atom is 0.573 e. The van der Waals surface area contributed by atoms with E-state index in [0.29, 0.717) is 5.69 Å². The van der Waals surface area contributed by atoms with Crippen LogP contribution in [0.15, 0.2) is 78.0 Å². The van der Waals surface area contributed by atoms with Gasteiger partial charge in [-0.3, -0.25) is 4.72 Å². The molecule has 0 bridgehead atoms. The number of pyridine rings is 1. The van der Waals surface area contributed by atoms with Crippen molar-refractivity contribution >= 4 is 21.4 Å². The second kappa shape index (κ2) is 7.62. The number of nitrogens with one attached hydrogen (secondary N) is 1. The van der Waals surface area contributed by atoms with Gasteiger partial charge in [0.2, 0.25) is 0 Å². The molecule has 0 atom stereocenters. The van der Waals surface area contributed by atoms with Crippen LogP contribution < -0.4 is 9.46 Å². The Bertz CT molecular complexity index is 1330. The minimum Gasteiger partial charge on any atom is -0.406 e. The first-order chi connectivity index (χ1) is 14.6. The van der Waals surface area contributed by atoms with Crippen molar-refractivity contribution < 1.29 is 26.3 Å². The highest BCUT2D eigenvalue weighted by atomic mass is 32.2. The number of alkyl halides is 3. The lowest BCUT2D eigenvalue weighted by Crippen LogP contribution is -2.17. The van der Waals surface area contributed by atoms with Crippen LogP contribution in [-0.4, -0.2) is 24.2 Å². The molecule has 10 heteroatoms. The maximum absolute atomic E-state index is 12.5. The molecule has 31 heavy (non-hydrogen) atoms. The molecule has 0 aliphatic carbocycles. The van der Waals surface area contributed by atoms with Crippen LogP contribution in [0.3, 0.4) is 0 Å². The standard InChI is InChI=1S/C21H16F3N3O3S/c1-14-10-11-27-13-19(25-20(27)12-14)15-2-4-16(5-3-15)26-31(28,29)18-8-6-17(7-9-18)30-21(22,23)24/h2-13,26H,1H3. The fourth-order valence-corrected chi connectivity index (χ4v) is 4.03. The van der Waals surface area contributed by atoms with Gasteiger partial charge in [0.25, 0.3) is 10.0 Å². The molecule has 4 rings (SSSR count). The monoisotopic (exact) mass is 447 g/mol. The number of anilines is 1. The third-order valence-electron chi connectivity index (χ3n) is 4.42. The topological polar surface area (TPSA) is 72.7 Å². The highest BCUT2D eigenvalue weighted by Gasteiger charge is 2.31. The normalized spacial score (nSPS) is 12.1. The zero-order chi connectivity index (χ0) is 22.2. The molecule has 0 aliphatic rings. The highest BCUT2D eigenvalue weighted by Crippen LogP contribution is 2.26. The number of nitrogens with zero attached hydrogens (tertiary/aromatic N) is 2. The Labute approximate surface area is 176 Å². The second-order valence-electron chi connectivity index (χ2n) is 6.80. The Balaban J connectivity index is 1.51. The average molecular weight is 447 g/mol. The number of ether oxygens (including phenoxy) is 1. The van der Waals surface area contributed by atoms with Crippen molar-refractivity contribution in [2.75, 3.05) is 4.72 Å². The van der Waals surface area contributed by atoms with Crippen molar-refractivity contribution in [2.24, 2.45) is 0 Å². The van der Waals surface area contributed by atoms with Gasteiger partial charge in [-0.15, -0.1) is 13.2 Å². The van der Waals surface area contributed by atoms with Crippen LogP contribution in [0.2, 0.25) is 0 Å². The van der Waals surface area contributed by atoms with E-state index in [1.54, 1.807) is 24.3 Å². The van der Waals surface area contributed by atoms with Crippen LogP contribution in [0.1, 0.15) is 5.56 Å². The van der Waals surface area contributed by atoms with Crippen molar-refractivity contribution in [1.29, 1.82) is 0 Å². The average Bonchev–Trinajstić information content (AvgIpc) is 3.10. The first-order valence-corrected chi connectivity index (χ1v) is 10.5. The minimum atomic E-state index is -4.85. The molecule has 0 saturated heterocycles. The zero-order valence-corrected chi connectivity index (χ0v) is 16.9. The van der Waals surface area contributed by atoms with Crippen molar-refractivity contribution in [3.05, 3.63) is 78.6 Å². The molecule has 4 aromatic rings. The lowest BCUT2D eigenvalue weighted by molar-refractivity contribution is -0.274. The van der Waals surface area contributed by atoms with Crippen molar-refractivity contribution in [3.8, 4) is 17.0 Å².